The number of ether oxygens (including phenoxy) is 3. The Morgan fingerprint density at radius 2 is 1.67 bits per heavy atom. The number of pyridine rings is 1. The molecule has 2 aromatic carbocycles. The minimum absolute atomic E-state index is 0.0800. The Kier molecular flexibility index (Phi) is 11.5. The van der Waals surface area contributed by atoms with Gasteiger partial charge in [0, 0.05) is 35.2 Å². The van der Waals surface area contributed by atoms with Crippen molar-refractivity contribution in [2.24, 2.45) is 0 Å². The molecule has 0 radical (unpaired) electrons. The average Bonchev–Trinajstić information content (AvgIpc) is 3.43. The van der Waals surface area contributed by atoms with Crippen LogP contribution in [0.1, 0.15) is 11.7 Å². The van der Waals surface area contributed by atoms with Gasteiger partial charge < -0.3 is 19.3 Å². The highest BCUT2D eigenvalue weighted by Crippen LogP contribution is 2.39. The average molecular weight is 810 g/mol. The van der Waals surface area contributed by atoms with E-state index in [9.17, 15) is 21.9 Å². The molecule has 2 heterocycles. The lowest BCUT2D eigenvalue weighted by atomic mass is 10.1. The molecule has 0 aliphatic carbocycles. The molecule has 18 heteroatoms. The number of hydrogen-bond donors (Lipinski definition) is 1. The molecule has 1 atom stereocenters. The Hall–Kier alpha value is -2.84. The number of para-hydroxylation sites is 1. The van der Waals surface area contributed by atoms with Gasteiger partial charge in [0.15, 0.2) is 15.7 Å². The van der Waals surface area contributed by atoms with E-state index in [2.05, 4.69) is 15.2 Å². The van der Waals surface area contributed by atoms with Crippen LogP contribution in [0.4, 0.5) is 5.95 Å². The lowest BCUT2D eigenvalue weighted by Gasteiger charge is -2.26. The van der Waals surface area contributed by atoms with Gasteiger partial charge in [0.05, 0.1) is 38.1 Å². The van der Waals surface area contributed by atoms with Crippen molar-refractivity contribution in [1.82, 2.24) is 19.7 Å². The van der Waals surface area contributed by atoms with E-state index in [1.165, 1.54) is 53.0 Å². The number of anilines is 1. The van der Waals surface area contributed by atoms with E-state index in [0.717, 1.165) is 10.6 Å². The molecule has 0 fully saturated rings. The van der Waals surface area contributed by atoms with Gasteiger partial charge in [-0.3, -0.25) is 4.57 Å². The van der Waals surface area contributed by atoms with Crippen LogP contribution < -0.4 is 18.5 Å². The van der Waals surface area contributed by atoms with Gasteiger partial charge in [-0.15, -0.1) is 10.2 Å². The number of halogens is 2. The molecule has 4 rings (SSSR count). The lowest BCUT2D eigenvalue weighted by molar-refractivity contribution is 0.198. The summed E-state index contributed by atoms with van der Waals surface area (Å²) in [6.45, 7) is -0.0800. The van der Waals surface area contributed by atoms with Gasteiger partial charge in [0.2, 0.25) is 21.9 Å². The molecule has 2 aromatic heterocycles. The van der Waals surface area contributed by atoms with Crippen LogP contribution >= 0.6 is 41.7 Å². The maximum atomic E-state index is 14.2. The first kappa shape index (κ1) is 35.0. The second-order valence-electron chi connectivity index (χ2n) is 9.37. The standard InChI is InChI=1S/C27H29ClIN5O8S3/c1-40-21-8-6-9-22(41-2)25(21)34-26(19-7-5-10-24(30-19)42-3)31-32-27(34)33(13-14-43-29)45(38,39)16-20(35)18-12-11-17(28)15-23(18)44(4,36)37/h5-12,15,20,35H,13-14,16H2,1-4H3/t20-/m1/s1. The predicted molar refractivity (Wildman–Crippen MR) is 181 cm³/mol. The fourth-order valence-electron chi connectivity index (χ4n) is 4.48. The first-order valence-corrected chi connectivity index (χ1v) is 20.4. The van der Waals surface area contributed by atoms with E-state index < -0.39 is 31.7 Å². The Bertz CT molecular complexity index is 1870. The molecule has 0 spiro atoms. The highest BCUT2D eigenvalue weighted by atomic mass is 127. The van der Waals surface area contributed by atoms with E-state index in [0.29, 0.717) is 28.6 Å². The molecule has 0 unspecified atom stereocenters. The first-order valence-electron chi connectivity index (χ1n) is 13.0. The maximum Gasteiger partial charge on any atom is 0.246 e. The van der Waals surface area contributed by atoms with Gasteiger partial charge >= 0.3 is 0 Å². The quantitative estimate of drug-likeness (QED) is 0.180. The zero-order valence-corrected chi connectivity index (χ0v) is 29.8. The van der Waals surface area contributed by atoms with Crippen molar-refractivity contribution in [3.63, 3.8) is 0 Å². The van der Waals surface area contributed by atoms with Crippen LogP contribution in [0, 0.1) is 0 Å². The molecule has 0 saturated heterocycles. The molecular formula is C27H29ClIN5O8S3. The van der Waals surface area contributed by atoms with Crippen molar-refractivity contribution in [3.8, 4) is 34.6 Å². The SMILES string of the molecule is COc1cccc(-c2nnc(N(CCSI)S(=O)(=O)C[C@@H](O)c3ccc(Cl)cc3S(C)(=O)=O)n2-c2c(OC)cccc2OC)n1. The highest BCUT2D eigenvalue weighted by molar-refractivity contribution is 14.2. The van der Waals surface area contributed by atoms with Gasteiger partial charge in [0.25, 0.3) is 0 Å². The Labute approximate surface area is 282 Å². The molecule has 1 N–H and O–H groups in total. The van der Waals surface area contributed by atoms with Gasteiger partial charge in [-0.05, 0) is 51.5 Å². The Morgan fingerprint density at radius 3 is 2.27 bits per heavy atom. The third-order valence-electron chi connectivity index (χ3n) is 6.47. The number of aliphatic hydroxyl groups is 1. The van der Waals surface area contributed by atoms with E-state index >= 15 is 0 Å². The summed E-state index contributed by atoms with van der Waals surface area (Å²) in [5.74, 6) is 0.369. The van der Waals surface area contributed by atoms with Crippen LogP contribution in [0.3, 0.4) is 0 Å². The molecule has 0 amide bonds. The van der Waals surface area contributed by atoms with Gasteiger partial charge in [-0.2, -0.15) is 0 Å². The second-order valence-corrected chi connectivity index (χ2v) is 16.2. The van der Waals surface area contributed by atoms with E-state index in [-0.39, 0.29) is 39.7 Å². The van der Waals surface area contributed by atoms with E-state index in [1.54, 1.807) is 36.4 Å². The maximum absolute atomic E-state index is 14.2. The van der Waals surface area contributed by atoms with Crippen molar-refractivity contribution < 1.29 is 36.2 Å². The normalized spacial score (nSPS) is 12.5. The third kappa shape index (κ3) is 7.76. The summed E-state index contributed by atoms with van der Waals surface area (Å²) in [5, 5.41) is 19.9. The molecule has 0 aliphatic rings. The zero-order valence-electron chi connectivity index (χ0n) is 24.4. The number of sulfone groups is 1. The van der Waals surface area contributed by atoms with Crippen molar-refractivity contribution in [2.45, 2.75) is 11.0 Å². The van der Waals surface area contributed by atoms with Crippen molar-refractivity contribution in [3.05, 3.63) is 65.2 Å². The number of aliphatic hydroxyl groups excluding tert-OH is 1. The summed E-state index contributed by atoms with van der Waals surface area (Å²) in [6, 6.07) is 13.9. The summed E-state index contributed by atoms with van der Waals surface area (Å²) in [4.78, 5) is 4.20. The largest absolute Gasteiger partial charge is 0.494 e. The molecule has 4 aromatic rings. The smallest absolute Gasteiger partial charge is 0.246 e. The number of benzene rings is 2. The number of sulfonamides is 1. The van der Waals surface area contributed by atoms with Crippen LogP contribution in [-0.4, -0.2) is 87.3 Å². The Balaban J connectivity index is 1.94. The van der Waals surface area contributed by atoms with Crippen molar-refractivity contribution >= 4 is 67.5 Å². The van der Waals surface area contributed by atoms with Crippen LogP contribution in [0.2, 0.25) is 5.02 Å². The van der Waals surface area contributed by atoms with Crippen LogP contribution in [0.25, 0.3) is 17.2 Å². The molecule has 0 aliphatic heterocycles. The molecule has 13 nitrogen and oxygen atoms in total. The third-order valence-corrected chi connectivity index (χ3v) is 11.3. The summed E-state index contributed by atoms with van der Waals surface area (Å²) in [6.07, 6.45) is -0.784. The molecule has 0 saturated carbocycles. The summed E-state index contributed by atoms with van der Waals surface area (Å²) >= 11 is 8.06. The number of rotatable bonds is 14. The topological polar surface area (TPSA) is 163 Å². The van der Waals surface area contributed by atoms with E-state index in [1.807, 2.05) is 21.2 Å². The van der Waals surface area contributed by atoms with Gasteiger partial charge in [0.1, 0.15) is 22.9 Å². The first-order chi connectivity index (χ1) is 21.4. The van der Waals surface area contributed by atoms with Crippen LogP contribution in [-0.2, 0) is 19.9 Å². The fraction of sp³-hybridized carbons (Fsp3) is 0.296. The summed E-state index contributed by atoms with van der Waals surface area (Å²) in [5.41, 5.74) is 0.491. The molecule has 45 heavy (non-hydrogen) atoms. The van der Waals surface area contributed by atoms with E-state index in [4.69, 9.17) is 25.8 Å². The van der Waals surface area contributed by atoms with Crippen LogP contribution in [0.5, 0.6) is 17.4 Å². The lowest BCUT2D eigenvalue weighted by Crippen LogP contribution is -2.38. The highest BCUT2D eigenvalue weighted by Gasteiger charge is 2.35. The zero-order chi connectivity index (χ0) is 32.9. The molecule has 242 valence electrons. The number of hydrogen-bond acceptors (Lipinski definition) is 12. The second kappa shape index (κ2) is 14.7. The van der Waals surface area contributed by atoms with Gasteiger partial charge in [-0.1, -0.05) is 38.7 Å². The van der Waals surface area contributed by atoms with Crippen molar-refractivity contribution in [1.29, 1.82) is 0 Å². The monoisotopic (exact) mass is 809 g/mol. The van der Waals surface area contributed by atoms with Crippen LogP contribution in [0.15, 0.2) is 59.5 Å². The Morgan fingerprint density at radius 1 is 1.00 bits per heavy atom. The number of aromatic nitrogens is 4. The number of nitrogens with zero attached hydrogens (tertiary/aromatic N) is 5. The molecular weight excluding hydrogens is 781 g/mol. The fourth-order valence-corrected chi connectivity index (χ4v) is 8.14. The molecule has 0 bridgehead atoms. The van der Waals surface area contributed by atoms with Crippen molar-refractivity contribution in [2.75, 3.05) is 49.9 Å². The van der Waals surface area contributed by atoms with Gasteiger partial charge in [-0.25, -0.2) is 26.1 Å². The summed E-state index contributed by atoms with van der Waals surface area (Å²) in [7, 11) is -2.57. The minimum atomic E-state index is -4.43. The minimum Gasteiger partial charge on any atom is -0.494 e. The summed E-state index contributed by atoms with van der Waals surface area (Å²) < 4.78 is 72.4. The predicted octanol–water partition coefficient (Wildman–Crippen LogP) is 4.37. The number of methoxy groups -OCH3 is 3.